The normalized spacial score (nSPS) is 17.8. The van der Waals surface area contributed by atoms with E-state index in [1.807, 2.05) is 0 Å². The second-order valence-corrected chi connectivity index (χ2v) is 4.42. The summed E-state index contributed by atoms with van der Waals surface area (Å²) in [5.41, 5.74) is 6.56. The Bertz CT molecular complexity index is 327. The number of benzene rings is 1. The van der Waals surface area contributed by atoms with E-state index >= 15 is 0 Å². The van der Waals surface area contributed by atoms with Gasteiger partial charge in [-0.05, 0) is 36.5 Å². The van der Waals surface area contributed by atoms with E-state index in [2.05, 4.69) is 0 Å². The smallest absolute Gasteiger partial charge is 0.126 e. The van der Waals surface area contributed by atoms with E-state index in [-0.39, 0.29) is 6.04 Å². The lowest BCUT2D eigenvalue weighted by Crippen LogP contribution is -2.23. The van der Waals surface area contributed by atoms with Gasteiger partial charge in [0.15, 0.2) is 0 Å². The molecular formula is C12H15F2N. The zero-order valence-corrected chi connectivity index (χ0v) is 8.55. The molecule has 1 saturated carbocycles. The van der Waals surface area contributed by atoms with Crippen LogP contribution >= 0.6 is 0 Å². The van der Waals surface area contributed by atoms with Crippen molar-refractivity contribution < 1.29 is 8.78 Å². The lowest BCUT2D eigenvalue weighted by molar-refractivity contribution is 0.552. The first-order valence-corrected chi connectivity index (χ1v) is 5.34. The highest BCUT2D eigenvalue weighted by Gasteiger charge is 2.23. The molecule has 3 heteroatoms. The monoisotopic (exact) mass is 211 g/mol. The molecule has 0 saturated heterocycles. The molecule has 2 rings (SSSR count). The van der Waals surface area contributed by atoms with E-state index < -0.39 is 11.6 Å². The SMILES string of the molecule is NC(Cc1cc(F)cc(F)c1)CC1CC1. The topological polar surface area (TPSA) is 26.0 Å². The van der Waals surface area contributed by atoms with Gasteiger partial charge in [-0.25, -0.2) is 8.78 Å². The average Bonchev–Trinajstić information content (AvgIpc) is 2.85. The fourth-order valence-electron chi connectivity index (χ4n) is 1.90. The molecule has 0 spiro atoms. The highest BCUT2D eigenvalue weighted by Crippen LogP contribution is 2.33. The number of hydrogen-bond donors (Lipinski definition) is 1. The average molecular weight is 211 g/mol. The van der Waals surface area contributed by atoms with Crippen LogP contribution in [0.15, 0.2) is 18.2 Å². The molecule has 0 radical (unpaired) electrons. The van der Waals surface area contributed by atoms with Crippen LogP contribution in [-0.4, -0.2) is 6.04 Å². The van der Waals surface area contributed by atoms with E-state index in [0.29, 0.717) is 12.0 Å². The maximum atomic E-state index is 12.9. The molecule has 1 aromatic rings. The minimum absolute atomic E-state index is 0.0266. The van der Waals surface area contributed by atoms with Gasteiger partial charge in [0.1, 0.15) is 11.6 Å². The van der Waals surface area contributed by atoms with Gasteiger partial charge in [0.05, 0.1) is 0 Å². The second-order valence-electron chi connectivity index (χ2n) is 4.42. The molecule has 2 N–H and O–H groups in total. The van der Waals surface area contributed by atoms with Crippen molar-refractivity contribution in [2.24, 2.45) is 11.7 Å². The number of halogens is 2. The molecule has 1 aromatic carbocycles. The summed E-state index contributed by atoms with van der Waals surface area (Å²) in [4.78, 5) is 0. The Morgan fingerprint density at radius 1 is 1.20 bits per heavy atom. The van der Waals surface area contributed by atoms with Crippen LogP contribution in [0.4, 0.5) is 8.78 Å². The van der Waals surface area contributed by atoms with Crippen molar-refractivity contribution in [3.05, 3.63) is 35.4 Å². The summed E-state index contributed by atoms with van der Waals surface area (Å²) in [6.07, 6.45) is 4.04. The van der Waals surface area contributed by atoms with Gasteiger partial charge in [-0.15, -0.1) is 0 Å². The van der Waals surface area contributed by atoms with Crippen LogP contribution in [0.3, 0.4) is 0 Å². The summed E-state index contributed by atoms with van der Waals surface area (Å²) in [5, 5.41) is 0. The second kappa shape index (κ2) is 4.27. The fraction of sp³-hybridized carbons (Fsp3) is 0.500. The molecule has 0 heterocycles. The molecule has 0 bridgehead atoms. The van der Waals surface area contributed by atoms with E-state index in [0.717, 1.165) is 18.4 Å². The Balaban J connectivity index is 1.96. The summed E-state index contributed by atoms with van der Waals surface area (Å²) in [7, 11) is 0. The Morgan fingerprint density at radius 3 is 2.33 bits per heavy atom. The van der Waals surface area contributed by atoms with Crippen LogP contribution in [0.1, 0.15) is 24.8 Å². The third-order valence-electron chi connectivity index (χ3n) is 2.75. The number of rotatable bonds is 4. The largest absolute Gasteiger partial charge is 0.327 e. The first-order chi connectivity index (χ1) is 7.13. The van der Waals surface area contributed by atoms with Crippen LogP contribution in [0, 0.1) is 17.6 Å². The van der Waals surface area contributed by atoms with Crippen molar-refractivity contribution in [1.82, 2.24) is 0 Å². The maximum absolute atomic E-state index is 12.9. The van der Waals surface area contributed by atoms with Gasteiger partial charge in [-0.2, -0.15) is 0 Å². The van der Waals surface area contributed by atoms with Crippen molar-refractivity contribution in [3.63, 3.8) is 0 Å². The van der Waals surface area contributed by atoms with Crippen molar-refractivity contribution >= 4 is 0 Å². The van der Waals surface area contributed by atoms with Crippen LogP contribution in [0.2, 0.25) is 0 Å². The molecule has 1 unspecified atom stereocenters. The lowest BCUT2D eigenvalue weighted by atomic mass is 10.0. The van der Waals surface area contributed by atoms with Crippen molar-refractivity contribution in [2.45, 2.75) is 31.7 Å². The van der Waals surface area contributed by atoms with E-state index in [9.17, 15) is 8.78 Å². The molecule has 15 heavy (non-hydrogen) atoms. The van der Waals surface area contributed by atoms with Crippen molar-refractivity contribution in [2.75, 3.05) is 0 Å². The fourth-order valence-corrected chi connectivity index (χ4v) is 1.90. The van der Waals surface area contributed by atoms with Crippen LogP contribution < -0.4 is 5.73 Å². The van der Waals surface area contributed by atoms with Crippen molar-refractivity contribution in [1.29, 1.82) is 0 Å². The predicted octanol–water partition coefficient (Wildman–Crippen LogP) is 2.63. The van der Waals surface area contributed by atoms with Crippen LogP contribution in [-0.2, 0) is 6.42 Å². The summed E-state index contributed by atoms with van der Waals surface area (Å²) in [5.74, 6) is -0.300. The summed E-state index contributed by atoms with van der Waals surface area (Å²) < 4.78 is 25.7. The van der Waals surface area contributed by atoms with E-state index in [4.69, 9.17) is 5.73 Å². The van der Waals surface area contributed by atoms with E-state index in [1.165, 1.54) is 25.0 Å². The van der Waals surface area contributed by atoms with Gasteiger partial charge in [0, 0.05) is 12.1 Å². The molecule has 1 aliphatic rings. The summed E-state index contributed by atoms with van der Waals surface area (Å²) >= 11 is 0. The molecule has 0 aromatic heterocycles. The quantitative estimate of drug-likeness (QED) is 0.814. The molecule has 1 nitrogen and oxygen atoms in total. The lowest BCUT2D eigenvalue weighted by Gasteiger charge is -2.10. The standard InChI is InChI=1S/C12H15F2N/c13-10-3-9(4-11(14)7-10)6-12(15)5-8-1-2-8/h3-4,7-8,12H,1-2,5-6,15H2. The number of hydrogen-bond acceptors (Lipinski definition) is 1. The van der Waals surface area contributed by atoms with Gasteiger partial charge >= 0.3 is 0 Å². The van der Waals surface area contributed by atoms with Gasteiger partial charge in [-0.3, -0.25) is 0 Å². The Hall–Kier alpha value is -0.960. The van der Waals surface area contributed by atoms with Gasteiger partial charge in [-0.1, -0.05) is 12.8 Å². The molecule has 1 atom stereocenters. The van der Waals surface area contributed by atoms with Crippen LogP contribution in [0.5, 0.6) is 0 Å². The Kier molecular flexibility index (Phi) is 3.00. The highest BCUT2D eigenvalue weighted by atomic mass is 19.1. The summed E-state index contributed by atoms with van der Waals surface area (Å²) in [6.45, 7) is 0. The minimum atomic E-state index is -0.524. The van der Waals surface area contributed by atoms with Crippen molar-refractivity contribution in [3.8, 4) is 0 Å². The molecule has 82 valence electrons. The minimum Gasteiger partial charge on any atom is -0.327 e. The van der Waals surface area contributed by atoms with E-state index in [1.54, 1.807) is 0 Å². The maximum Gasteiger partial charge on any atom is 0.126 e. The molecular weight excluding hydrogens is 196 g/mol. The zero-order valence-electron chi connectivity index (χ0n) is 8.55. The van der Waals surface area contributed by atoms with Gasteiger partial charge in [0.2, 0.25) is 0 Å². The molecule has 0 aliphatic heterocycles. The first kappa shape index (κ1) is 10.6. The summed E-state index contributed by atoms with van der Waals surface area (Å²) in [6, 6.07) is 3.63. The molecule has 0 amide bonds. The Labute approximate surface area is 88.3 Å². The first-order valence-electron chi connectivity index (χ1n) is 5.34. The third-order valence-corrected chi connectivity index (χ3v) is 2.75. The van der Waals surface area contributed by atoms with Gasteiger partial charge in [0.25, 0.3) is 0 Å². The number of nitrogens with two attached hydrogens (primary N) is 1. The predicted molar refractivity (Wildman–Crippen MR) is 55.4 cm³/mol. The van der Waals surface area contributed by atoms with Gasteiger partial charge < -0.3 is 5.73 Å². The molecule has 1 fully saturated rings. The molecule has 1 aliphatic carbocycles. The van der Waals surface area contributed by atoms with Crippen LogP contribution in [0.25, 0.3) is 0 Å². The Morgan fingerprint density at radius 2 is 1.80 bits per heavy atom. The zero-order chi connectivity index (χ0) is 10.8. The highest BCUT2D eigenvalue weighted by molar-refractivity contribution is 5.18. The third kappa shape index (κ3) is 3.27.